The maximum Gasteiger partial charge on any atom is 0.220 e. The predicted molar refractivity (Wildman–Crippen MR) is 69.4 cm³/mol. The highest BCUT2D eigenvalue weighted by atomic mass is 35.5. The molecule has 0 aliphatic carbocycles. The molecule has 17 heavy (non-hydrogen) atoms. The Kier molecular flexibility index (Phi) is 4.83. The zero-order chi connectivity index (χ0) is 12.1. The van der Waals surface area contributed by atoms with Gasteiger partial charge in [-0.2, -0.15) is 0 Å². The summed E-state index contributed by atoms with van der Waals surface area (Å²) in [5.41, 5.74) is 0. The van der Waals surface area contributed by atoms with Gasteiger partial charge in [0.2, 0.25) is 5.91 Å². The Morgan fingerprint density at radius 2 is 2.47 bits per heavy atom. The minimum Gasteiger partial charge on any atom is -0.378 e. The Labute approximate surface area is 110 Å². The molecule has 0 unspecified atom stereocenters. The third kappa shape index (κ3) is 4.30. The molecule has 1 aromatic heterocycles. The predicted octanol–water partition coefficient (Wildman–Crippen LogP) is 2.98. The summed E-state index contributed by atoms with van der Waals surface area (Å²) < 4.78 is 6.23. The molecule has 1 atom stereocenters. The molecule has 2 rings (SSSR count). The SMILES string of the molecule is O=C(CC[C@@H]1CCCO1)NCc1ccc(Cl)s1. The van der Waals surface area contributed by atoms with Crippen LogP contribution in [0, 0.1) is 0 Å². The normalized spacial score (nSPS) is 19.5. The minimum atomic E-state index is 0.0880. The van der Waals surface area contributed by atoms with Crippen LogP contribution in [0.3, 0.4) is 0 Å². The molecule has 0 radical (unpaired) electrons. The van der Waals surface area contributed by atoms with E-state index >= 15 is 0 Å². The first-order valence-corrected chi connectivity index (χ1v) is 7.06. The monoisotopic (exact) mass is 273 g/mol. The number of hydrogen-bond donors (Lipinski definition) is 1. The third-order valence-corrected chi connectivity index (χ3v) is 4.04. The van der Waals surface area contributed by atoms with E-state index in [2.05, 4.69) is 5.32 Å². The smallest absolute Gasteiger partial charge is 0.220 e. The topological polar surface area (TPSA) is 38.3 Å². The van der Waals surface area contributed by atoms with Crippen molar-refractivity contribution in [3.8, 4) is 0 Å². The van der Waals surface area contributed by atoms with E-state index in [-0.39, 0.29) is 12.0 Å². The second-order valence-electron chi connectivity index (χ2n) is 4.16. The Morgan fingerprint density at radius 1 is 1.59 bits per heavy atom. The van der Waals surface area contributed by atoms with Crippen molar-refractivity contribution >= 4 is 28.8 Å². The van der Waals surface area contributed by atoms with Gasteiger partial charge in [-0.05, 0) is 31.4 Å². The van der Waals surface area contributed by atoms with Crippen LogP contribution in [0.25, 0.3) is 0 Å². The highest BCUT2D eigenvalue weighted by molar-refractivity contribution is 7.16. The molecule has 3 nitrogen and oxygen atoms in total. The molecule has 1 amide bonds. The Bertz CT molecular complexity index is 374. The molecule has 1 fully saturated rings. The molecule has 0 spiro atoms. The molecule has 1 aliphatic rings. The van der Waals surface area contributed by atoms with Crippen molar-refractivity contribution in [2.75, 3.05) is 6.61 Å². The maximum atomic E-state index is 11.6. The number of rotatable bonds is 5. The number of carbonyl (C=O) groups excluding carboxylic acids is 1. The van der Waals surface area contributed by atoms with Crippen LogP contribution < -0.4 is 5.32 Å². The summed E-state index contributed by atoms with van der Waals surface area (Å²) in [7, 11) is 0. The lowest BCUT2D eigenvalue weighted by molar-refractivity contribution is -0.121. The summed E-state index contributed by atoms with van der Waals surface area (Å²) in [6.45, 7) is 1.42. The van der Waals surface area contributed by atoms with Crippen molar-refractivity contribution in [3.05, 3.63) is 21.3 Å². The standard InChI is InChI=1S/C12H16ClNO2S/c13-11-5-4-10(17-11)8-14-12(15)6-3-9-2-1-7-16-9/h4-5,9H,1-3,6-8H2,(H,14,15)/t9-/m0/s1. The van der Waals surface area contributed by atoms with Gasteiger partial charge in [-0.25, -0.2) is 0 Å². The second-order valence-corrected chi connectivity index (χ2v) is 5.96. The molecular weight excluding hydrogens is 258 g/mol. The Morgan fingerprint density at radius 3 is 3.12 bits per heavy atom. The fourth-order valence-corrected chi connectivity index (χ4v) is 2.91. The number of amides is 1. The molecule has 1 aromatic rings. The molecule has 2 heterocycles. The average Bonchev–Trinajstić information content (AvgIpc) is 2.95. The number of hydrogen-bond acceptors (Lipinski definition) is 3. The molecule has 0 aromatic carbocycles. The van der Waals surface area contributed by atoms with E-state index in [1.165, 1.54) is 11.3 Å². The van der Waals surface area contributed by atoms with Crippen LogP contribution >= 0.6 is 22.9 Å². The van der Waals surface area contributed by atoms with Crippen LogP contribution in [0.15, 0.2) is 12.1 Å². The van der Waals surface area contributed by atoms with E-state index in [0.717, 1.165) is 35.1 Å². The first kappa shape index (κ1) is 12.9. The van der Waals surface area contributed by atoms with Crippen molar-refractivity contribution in [3.63, 3.8) is 0 Å². The summed E-state index contributed by atoms with van der Waals surface area (Å²) in [5, 5.41) is 2.89. The van der Waals surface area contributed by atoms with Crippen LogP contribution in [-0.4, -0.2) is 18.6 Å². The van der Waals surface area contributed by atoms with Gasteiger partial charge in [-0.1, -0.05) is 11.6 Å². The van der Waals surface area contributed by atoms with Gasteiger partial charge in [0, 0.05) is 17.9 Å². The zero-order valence-corrected chi connectivity index (χ0v) is 11.1. The van der Waals surface area contributed by atoms with Crippen LogP contribution in [0.2, 0.25) is 4.34 Å². The molecule has 0 saturated carbocycles. The Balaban J connectivity index is 1.63. The van der Waals surface area contributed by atoms with Gasteiger partial charge in [0.25, 0.3) is 0 Å². The van der Waals surface area contributed by atoms with Crippen LogP contribution in [0.5, 0.6) is 0 Å². The van der Waals surface area contributed by atoms with Gasteiger partial charge < -0.3 is 10.1 Å². The molecule has 5 heteroatoms. The fourth-order valence-electron chi connectivity index (χ4n) is 1.88. The fraction of sp³-hybridized carbons (Fsp3) is 0.583. The van der Waals surface area contributed by atoms with E-state index < -0.39 is 0 Å². The van der Waals surface area contributed by atoms with Crippen molar-refractivity contribution in [1.29, 1.82) is 0 Å². The third-order valence-electron chi connectivity index (χ3n) is 2.81. The van der Waals surface area contributed by atoms with E-state index in [0.29, 0.717) is 13.0 Å². The van der Waals surface area contributed by atoms with Crippen LogP contribution in [-0.2, 0) is 16.1 Å². The summed E-state index contributed by atoms with van der Waals surface area (Å²) >= 11 is 7.31. The summed E-state index contributed by atoms with van der Waals surface area (Å²) in [5.74, 6) is 0.0880. The number of ether oxygens (including phenoxy) is 1. The molecule has 0 bridgehead atoms. The largest absolute Gasteiger partial charge is 0.378 e. The molecule has 94 valence electrons. The van der Waals surface area contributed by atoms with Crippen LogP contribution in [0.1, 0.15) is 30.6 Å². The minimum absolute atomic E-state index is 0.0880. The summed E-state index contributed by atoms with van der Waals surface area (Å²) in [4.78, 5) is 12.7. The Hall–Kier alpha value is -0.580. The van der Waals surface area contributed by atoms with Gasteiger partial charge in [0.15, 0.2) is 0 Å². The van der Waals surface area contributed by atoms with E-state index in [1.807, 2.05) is 12.1 Å². The van der Waals surface area contributed by atoms with Crippen molar-refractivity contribution in [1.82, 2.24) is 5.32 Å². The average molecular weight is 274 g/mol. The number of carbonyl (C=O) groups is 1. The lowest BCUT2D eigenvalue weighted by Crippen LogP contribution is -2.23. The van der Waals surface area contributed by atoms with Gasteiger partial charge in [0.1, 0.15) is 0 Å². The lowest BCUT2D eigenvalue weighted by Gasteiger charge is -2.08. The highest BCUT2D eigenvalue weighted by Gasteiger charge is 2.16. The van der Waals surface area contributed by atoms with Crippen molar-refractivity contribution < 1.29 is 9.53 Å². The maximum absolute atomic E-state index is 11.6. The molecular formula is C12H16ClNO2S. The van der Waals surface area contributed by atoms with Crippen molar-refractivity contribution in [2.45, 2.75) is 38.3 Å². The van der Waals surface area contributed by atoms with Gasteiger partial charge >= 0.3 is 0 Å². The van der Waals surface area contributed by atoms with Gasteiger partial charge in [-0.3, -0.25) is 4.79 Å². The first-order valence-electron chi connectivity index (χ1n) is 5.86. The first-order chi connectivity index (χ1) is 8.24. The summed E-state index contributed by atoms with van der Waals surface area (Å²) in [6, 6.07) is 3.79. The van der Waals surface area contributed by atoms with Gasteiger partial charge in [-0.15, -0.1) is 11.3 Å². The van der Waals surface area contributed by atoms with Gasteiger partial charge in [0.05, 0.1) is 17.0 Å². The zero-order valence-electron chi connectivity index (χ0n) is 9.58. The number of halogens is 1. The highest BCUT2D eigenvalue weighted by Crippen LogP contribution is 2.21. The summed E-state index contributed by atoms with van der Waals surface area (Å²) in [6.07, 6.45) is 3.88. The number of thiophene rings is 1. The second kappa shape index (κ2) is 6.38. The lowest BCUT2D eigenvalue weighted by atomic mass is 10.1. The van der Waals surface area contributed by atoms with E-state index in [9.17, 15) is 4.79 Å². The van der Waals surface area contributed by atoms with E-state index in [1.54, 1.807) is 0 Å². The quantitative estimate of drug-likeness (QED) is 0.896. The molecule has 1 N–H and O–H groups in total. The molecule has 1 saturated heterocycles. The van der Waals surface area contributed by atoms with Crippen LogP contribution in [0.4, 0.5) is 0 Å². The number of nitrogens with one attached hydrogen (secondary N) is 1. The molecule has 1 aliphatic heterocycles. The van der Waals surface area contributed by atoms with E-state index in [4.69, 9.17) is 16.3 Å². The van der Waals surface area contributed by atoms with Crippen molar-refractivity contribution in [2.24, 2.45) is 0 Å².